The number of hydrogen-bond donors (Lipinski definition) is 0. The van der Waals surface area contributed by atoms with Crippen molar-refractivity contribution < 1.29 is 9.53 Å². The molecule has 16 heavy (non-hydrogen) atoms. The third-order valence-corrected chi connectivity index (χ3v) is 2.85. The minimum atomic E-state index is -0.0587. The topological polar surface area (TPSA) is 26.3 Å². The second kappa shape index (κ2) is 9.68. The predicted molar refractivity (Wildman–Crippen MR) is 68.3 cm³/mol. The Labute approximate surface area is 101 Å². The summed E-state index contributed by atoms with van der Waals surface area (Å²) >= 11 is 0. The first kappa shape index (κ1) is 15.5. The van der Waals surface area contributed by atoms with Gasteiger partial charge in [-0.3, -0.25) is 4.79 Å². The van der Waals surface area contributed by atoms with Crippen molar-refractivity contribution in [1.29, 1.82) is 0 Å². The monoisotopic (exact) mass is 228 g/mol. The Morgan fingerprint density at radius 1 is 1.06 bits per heavy atom. The molecule has 0 aromatic rings. The van der Waals surface area contributed by atoms with Gasteiger partial charge in [-0.1, -0.05) is 53.4 Å². The van der Waals surface area contributed by atoms with E-state index in [0.29, 0.717) is 12.5 Å². The van der Waals surface area contributed by atoms with Gasteiger partial charge in [-0.25, -0.2) is 0 Å². The maximum absolute atomic E-state index is 11.4. The molecule has 1 atom stereocenters. The van der Waals surface area contributed by atoms with E-state index in [4.69, 9.17) is 4.74 Å². The van der Waals surface area contributed by atoms with Crippen molar-refractivity contribution in [2.24, 2.45) is 11.8 Å². The predicted octanol–water partition coefficient (Wildman–Crippen LogP) is 4.18. The van der Waals surface area contributed by atoms with Gasteiger partial charge in [-0.05, 0) is 18.8 Å². The standard InChI is InChI=1S/C14H28O2/c1-5-7-8-10-13(9-6-2)11-16-14(15)12(3)4/h12-13H,5-11H2,1-4H3/t13-/m1/s1. The summed E-state index contributed by atoms with van der Waals surface area (Å²) < 4.78 is 5.31. The number of carbonyl (C=O) groups is 1. The molecule has 0 saturated heterocycles. The second-order valence-electron chi connectivity index (χ2n) is 4.94. The SMILES string of the molecule is CCCCC[C@@H](CCC)COC(=O)C(C)C. The summed E-state index contributed by atoms with van der Waals surface area (Å²) in [5.74, 6) is 0.508. The van der Waals surface area contributed by atoms with Crippen molar-refractivity contribution in [3.05, 3.63) is 0 Å². The Morgan fingerprint density at radius 3 is 2.25 bits per heavy atom. The van der Waals surface area contributed by atoms with E-state index >= 15 is 0 Å². The maximum Gasteiger partial charge on any atom is 0.308 e. The number of rotatable bonds is 9. The van der Waals surface area contributed by atoms with Gasteiger partial charge in [0.2, 0.25) is 0 Å². The largest absolute Gasteiger partial charge is 0.465 e. The van der Waals surface area contributed by atoms with E-state index in [1.54, 1.807) is 0 Å². The molecule has 0 N–H and O–H groups in total. The molecule has 2 nitrogen and oxygen atoms in total. The molecule has 2 heteroatoms. The van der Waals surface area contributed by atoms with E-state index in [1.807, 2.05) is 13.8 Å². The van der Waals surface area contributed by atoms with E-state index in [1.165, 1.54) is 38.5 Å². The lowest BCUT2D eigenvalue weighted by Gasteiger charge is -2.16. The molecule has 0 unspecified atom stereocenters. The fourth-order valence-corrected chi connectivity index (χ4v) is 1.77. The van der Waals surface area contributed by atoms with Crippen LogP contribution in [0.4, 0.5) is 0 Å². The van der Waals surface area contributed by atoms with Gasteiger partial charge in [0.1, 0.15) is 0 Å². The van der Waals surface area contributed by atoms with Crippen LogP contribution < -0.4 is 0 Å². The van der Waals surface area contributed by atoms with Gasteiger partial charge in [-0.2, -0.15) is 0 Å². The first-order valence-corrected chi connectivity index (χ1v) is 6.78. The van der Waals surface area contributed by atoms with Crippen molar-refractivity contribution in [1.82, 2.24) is 0 Å². The van der Waals surface area contributed by atoms with Gasteiger partial charge in [-0.15, -0.1) is 0 Å². The lowest BCUT2D eigenvalue weighted by Crippen LogP contribution is -2.17. The van der Waals surface area contributed by atoms with Crippen LogP contribution in [0.3, 0.4) is 0 Å². The lowest BCUT2D eigenvalue weighted by molar-refractivity contribution is -0.148. The van der Waals surface area contributed by atoms with Crippen LogP contribution in [0.5, 0.6) is 0 Å². The molecular formula is C14H28O2. The summed E-state index contributed by atoms with van der Waals surface area (Å²) in [7, 11) is 0. The van der Waals surface area contributed by atoms with Gasteiger partial charge < -0.3 is 4.74 Å². The van der Waals surface area contributed by atoms with Crippen molar-refractivity contribution in [3.8, 4) is 0 Å². The minimum absolute atomic E-state index is 0.00193. The number of ether oxygens (including phenoxy) is 1. The molecule has 0 aromatic heterocycles. The molecule has 0 aliphatic heterocycles. The fourth-order valence-electron chi connectivity index (χ4n) is 1.77. The molecule has 0 heterocycles. The van der Waals surface area contributed by atoms with Gasteiger partial charge in [0.05, 0.1) is 12.5 Å². The minimum Gasteiger partial charge on any atom is -0.465 e. The molecule has 96 valence electrons. The summed E-state index contributed by atoms with van der Waals surface area (Å²) in [5, 5.41) is 0. The zero-order valence-electron chi connectivity index (χ0n) is 11.4. The van der Waals surface area contributed by atoms with Crippen LogP contribution in [-0.4, -0.2) is 12.6 Å². The zero-order chi connectivity index (χ0) is 12.4. The molecule has 0 aromatic carbocycles. The summed E-state index contributed by atoms with van der Waals surface area (Å²) in [6, 6.07) is 0. The van der Waals surface area contributed by atoms with Crippen LogP contribution >= 0.6 is 0 Å². The summed E-state index contributed by atoms with van der Waals surface area (Å²) in [4.78, 5) is 11.4. The Bertz CT molecular complexity index is 176. The fraction of sp³-hybridized carbons (Fsp3) is 0.929. The third kappa shape index (κ3) is 7.72. The van der Waals surface area contributed by atoms with Crippen LogP contribution in [0.25, 0.3) is 0 Å². The van der Waals surface area contributed by atoms with Crippen molar-refractivity contribution >= 4 is 5.97 Å². The Kier molecular flexibility index (Phi) is 9.36. The maximum atomic E-state index is 11.4. The smallest absolute Gasteiger partial charge is 0.308 e. The third-order valence-electron chi connectivity index (χ3n) is 2.85. The number of carbonyl (C=O) groups excluding carboxylic acids is 1. The number of esters is 1. The Hall–Kier alpha value is -0.530. The first-order chi connectivity index (χ1) is 7.61. The highest BCUT2D eigenvalue weighted by atomic mass is 16.5. The normalized spacial score (nSPS) is 12.8. The first-order valence-electron chi connectivity index (χ1n) is 6.78. The molecule has 0 fully saturated rings. The molecule has 0 bridgehead atoms. The van der Waals surface area contributed by atoms with E-state index in [9.17, 15) is 4.79 Å². The Morgan fingerprint density at radius 2 is 1.75 bits per heavy atom. The quantitative estimate of drug-likeness (QED) is 0.437. The molecular weight excluding hydrogens is 200 g/mol. The average Bonchev–Trinajstić information content (AvgIpc) is 2.25. The average molecular weight is 228 g/mol. The van der Waals surface area contributed by atoms with Crippen LogP contribution in [-0.2, 0) is 9.53 Å². The highest BCUT2D eigenvalue weighted by Gasteiger charge is 2.13. The Balaban J connectivity index is 3.79. The molecule has 0 spiro atoms. The molecule has 0 saturated carbocycles. The van der Waals surface area contributed by atoms with Gasteiger partial charge in [0.25, 0.3) is 0 Å². The van der Waals surface area contributed by atoms with E-state index in [-0.39, 0.29) is 11.9 Å². The molecule has 0 aliphatic rings. The number of hydrogen-bond acceptors (Lipinski definition) is 2. The highest BCUT2D eigenvalue weighted by molar-refractivity contribution is 5.71. The molecule has 0 aliphatic carbocycles. The lowest BCUT2D eigenvalue weighted by atomic mass is 9.97. The van der Waals surface area contributed by atoms with Crippen molar-refractivity contribution in [3.63, 3.8) is 0 Å². The molecule has 0 rings (SSSR count). The van der Waals surface area contributed by atoms with Crippen LogP contribution in [0.15, 0.2) is 0 Å². The van der Waals surface area contributed by atoms with E-state index in [0.717, 1.165) is 0 Å². The van der Waals surface area contributed by atoms with Gasteiger partial charge >= 0.3 is 5.97 Å². The van der Waals surface area contributed by atoms with Crippen LogP contribution in [0, 0.1) is 11.8 Å². The van der Waals surface area contributed by atoms with Gasteiger partial charge in [0.15, 0.2) is 0 Å². The van der Waals surface area contributed by atoms with Gasteiger partial charge in [0, 0.05) is 0 Å². The highest BCUT2D eigenvalue weighted by Crippen LogP contribution is 2.16. The molecule has 0 radical (unpaired) electrons. The summed E-state index contributed by atoms with van der Waals surface area (Å²) in [5.41, 5.74) is 0. The molecule has 0 amide bonds. The summed E-state index contributed by atoms with van der Waals surface area (Å²) in [6.07, 6.45) is 7.36. The van der Waals surface area contributed by atoms with E-state index in [2.05, 4.69) is 13.8 Å². The van der Waals surface area contributed by atoms with E-state index < -0.39 is 0 Å². The zero-order valence-corrected chi connectivity index (χ0v) is 11.4. The second-order valence-corrected chi connectivity index (χ2v) is 4.94. The number of unbranched alkanes of at least 4 members (excludes halogenated alkanes) is 2. The van der Waals surface area contributed by atoms with Crippen molar-refractivity contribution in [2.45, 2.75) is 66.2 Å². The van der Waals surface area contributed by atoms with Crippen LogP contribution in [0.1, 0.15) is 66.2 Å². The van der Waals surface area contributed by atoms with Crippen molar-refractivity contribution in [2.75, 3.05) is 6.61 Å². The summed E-state index contributed by atoms with van der Waals surface area (Å²) in [6.45, 7) is 8.79. The van der Waals surface area contributed by atoms with Crippen LogP contribution in [0.2, 0.25) is 0 Å².